The minimum absolute atomic E-state index is 0.231. The zero-order valence-electron chi connectivity index (χ0n) is 14.1. The van der Waals surface area contributed by atoms with Crippen LogP contribution in [0.4, 0.5) is 0 Å². The highest BCUT2D eigenvalue weighted by Crippen LogP contribution is 2.16. The Morgan fingerprint density at radius 1 is 0.957 bits per heavy atom. The van der Waals surface area contributed by atoms with Gasteiger partial charge in [-0.3, -0.25) is 4.79 Å². The van der Waals surface area contributed by atoms with Crippen molar-refractivity contribution in [2.75, 3.05) is 0 Å². The number of carbonyl (C=O) groups is 1. The maximum Gasteiger partial charge on any atom is 0.315 e. The maximum absolute atomic E-state index is 11.8. The number of rotatable bonds is 6. The molecule has 0 heterocycles. The van der Waals surface area contributed by atoms with Crippen LogP contribution in [0, 0.1) is 0 Å². The predicted octanol–water partition coefficient (Wildman–Crippen LogP) is 5.04. The van der Waals surface area contributed by atoms with Crippen molar-refractivity contribution in [2.45, 2.75) is 39.5 Å². The molecular formula is C21H24O2. The van der Waals surface area contributed by atoms with E-state index in [9.17, 15) is 4.79 Å². The van der Waals surface area contributed by atoms with Gasteiger partial charge in [-0.05, 0) is 41.5 Å². The number of allylic oxidation sites excluding steroid dienone is 1. The molecule has 2 aromatic rings. The van der Waals surface area contributed by atoms with Crippen LogP contribution in [0.1, 0.15) is 43.4 Å². The Balaban J connectivity index is 1.86. The fraction of sp³-hybridized carbons (Fsp3) is 0.286. The molecule has 23 heavy (non-hydrogen) atoms. The Hall–Kier alpha value is -2.35. The molecule has 0 radical (unpaired) electrons. The first-order chi connectivity index (χ1) is 11.0. The summed E-state index contributed by atoms with van der Waals surface area (Å²) in [4.78, 5) is 11.8. The van der Waals surface area contributed by atoms with Crippen LogP contribution >= 0.6 is 0 Å². The van der Waals surface area contributed by atoms with Crippen LogP contribution in [-0.4, -0.2) is 5.97 Å². The van der Waals surface area contributed by atoms with Crippen molar-refractivity contribution in [1.82, 2.24) is 0 Å². The molecule has 0 N–H and O–H groups in total. The molecular weight excluding hydrogens is 284 g/mol. The summed E-state index contributed by atoms with van der Waals surface area (Å²) >= 11 is 0. The summed E-state index contributed by atoms with van der Waals surface area (Å²) in [5.74, 6) is 0.310. The molecule has 0 aliphatic heterocycles. The van der Waals surface area contributed by atoms with Crippen LogP contribution in [0.5, 0.6) is 0 Å². The fourth-order valence-corrected chi connectivity index (χ4v) is 2.35. The third kappa shape index (κ3) is 5.74. The van der Waals surface area contributed by atoms with Gasteiger partial charge in [-0.1, -0.05) is 68.4 Å². The summed E-state index contributed by atoms with van der Waals surface area (Å²) in [6, 6.07) is 18.2. The second kappa shape index (κ2) is 8.33. The smallest absolute Gasteiger partial charge is 0.315 e. The summed E-state index contributed by atoms with van der Waals surface area (Å²) in [6.07, 6.45) is 2.66. The van der Waals surface area contributed by atoms with Crippen molar-refractivity contribution in [3.63, 3.8) is 0 Å². The molecule has 0 aliphatic rings. The van der Waals surface area contributed by atoms with Gasteiger partial charge >= 0.3 is 5.97 Å². The molecule has 0 saturated carbocycles. The lowest BCUT2D eigenvalue weighted by atomic mass is 9.99. The van der Waals surface area contributed by atoms with Gasteiger partial charge < -0.3 is 4.74 Å². The van der Waals surface area contributed by atoms with E-state index in [-0.39, 0.29) is 5.97 Å². The molecule has 0 spiro atoms. The van der Waals surface area contributed by atoms with Crippen LogP contribution < -0.4 is 0 Å². The maximum atomic E-state index is 11.8. The monoisotopic (exact) mass is 308 g/mol. The summed E-state index contributed by atoms with van der Waals surface area (Å²) in [5, 5.41) is 0. The number of ether oxygens (including phenoxy) is 1. The number of esters is 1. The van der Waals surface area contributed by atoms with Crippen LogP contribution in [0.15, 0.2) is 66.4 Å². The van der Waals surface area contributed by atoms with Crippen LogP contribution in [0.2, 0.25) is 0 Å². The first-order valence-corrected chi connectivity index (χ1v) is 8.02. The summed E-state index contributed by atoms with van der Waals surface area (Å²) in [6.45, 7) is 6.35. The van der Waals surface area contributed by atoms with Crippen molar-refractivity contribution < 1.29 is 9.53 Å². The number of benzene rings is 2. The molecule has 0 unspecified atom stereocenters. The van der Waals surface area contributed by atoms with E-state index < -0.39 is 0 Å². The molecule has 2 heteroatoms. The Morgan fingerprint density at radius 3 is 2.17 bits per heavy atom. The Labute approximate surface area is 138 Å². The molecule has 2 rings (SSSR count). The van der Waals surface area contributed by atoms with Gasteiger partial charge in [0.25, 0.3) is 0 Å². The van der Waals surface area contributed by atoms with Crippen molar-refractivity contribution in [3.05, 3.63) is 83.1 Å². The minimum atomic E-state index is -0.231. The second-order valence-electron chi connectivity index (χ2n) is 6.19. The van der Waals surface area contributed by atoms with E-state index in [1.54, 1.807) is 6.26 Å². The SMILES string of the molecule is CC(=COC(=O)Cc1ccccc1)Cc1ccc(C(C)C)cc1. The topological polar surface area (TPSA) is 26.3 Å². The van der Waals surface area contributed by atoms with Crippen molar-refractivity contribution in [2.24, 2.45) is 0 Å². The zero-order chi connectivity index (χ0) is 16.7. The first-order valence-electron chi connectivity index (χ1n) is 8.02. The number of carbonyl (C=O) groups excluding carboxylic acids is 1. The van der Waals surface area contributed by atoms with E-state index in [4.69, 9.17) is 4.74 Å². The largest absolute Gasteiger partial charge is 0.434 e. The van der Waals surface area contributed by atoms with E-state index in [0.29, 0.717) is 12.3 Å². The molecule has 0 atom stereocenters. The first kappa shape index (κ1) is 17.0. The molecule has 0 saturated heterocycles. The molecule has 0 amide bonds. The molecule has 120 valence electrons. The Morgan fingerprint density at radius 2 is 1.57 bits per heavy atom. The van der Waals surface area contributed by atoms with E-state index in [1.165, 1.54) is 11.1 Å². The van der Waals surface area contributed by atoms with E-state index in [2.05, 4.69) is 38.1 Å². The van der Waals surface area contributed by atoms with E-state index in [1.807, 2.05) is 37.3 Å². The van der Waals surface area contributed by atoms with Gasteiger partial charge in [-0.15, -0.1) is 0 Å². The van der Waals surface area contributed by atoms with Gasteiger partial charge in [-0.2, -0.15) is 0 Å². The predicted molar refractivity (Wildman–Crippen MR) is 94.2 cm³/mol. The second-order valence-corrected chi connectivity index (χ2v) is 6.19. The third-order valence-electron chi connectivity index (χ3n) is 3.71. The molecule has 0 fully saturated rings. The molecule has 0 aliphatic carbocycles. The van der Waals surface area contributed by atoms with Crippen LogP contribution in [0.25, 0.3) is 0 Å². The zero-order valence-corrected chi connectivity index (χ0v) is 14.1. The number of hydrogen-bond donors (Lipinski definition) is 0. The normalized spacial score (nSPS) is 11.6. The highest BCUT2D eigenvalue weighted by molar-refractivity contribution is 5.73. The molecule has 2 nitrogen and oxygen atoms in total. The van der Waals surface area contributed by atoms with Gasteiger partial charge in [0.2, 0.25) is 0 Å². The molecule has 2 aromatic carbocycles. The van der Waals surface area contributed by atoms with Gasteiger partial charge in [0.1, 0.15) is 0 Å². The quantitative estimate of drug-likeness (QED) is 0.552. The standard InChI is InChI=1S/C21H24O2/c1-16(2)20-11-9-19(10-12-20)13-17(3)15-23-21(22)14-18-7-5-4-6-8-18/h4-12,15-16H,13-14H2,1-3H3. The van der Waals surface area contributed by atoms with Gasteiger partial charge in [0.15, 0.2) is 0 Å². The summed E-state index contributed by atoms with van der Waals surface area (Å²) in [5.41, 5.74) is 4.56. The van der Waals surface area contributed by atoms with Crippen molar-refractivity contribution in [1.29, 1.82) is 0 Å². The van der Waals surface area contributed by atoms with Gasteiger partial charge in [0, 0.05) is 0 Å². The molecule has 0 bridgehead atoms. The lowest BCUT2D eigenvalue weighted by Crippen LogP contribution is -2.04. The average molecular weight is 308 g/mol. The highest BCUT2D eigenvalue weighted by atomic mass is 16.5. The number of hydrogen-bond acceptors (Lipinski definition) is 2. The Bertz CT molecular complexity index is 652. The van der Waals surface area contributed by atoms with Crippen LogP contribution in [-0.2, 0) is 22.4 Å². The van der Waals surface area contributed by atoms with E-state index >= 15 is 0 Å². The van der Waals surface area contributed by atoms with Gasteiger partial charge in [-0.25, -0.2) is 0 Å². The highest BCUT2D eigenvalue weighted by Gasteiger charge is 2.04. The third-order valence-corrected chi connectivity index (χ3v) is 3.71. The van der Waals surface area contributed by atoms with E-state index in [0.717, 1.165) is 17.6 Å². The average Bonchev–Trinajstić information content (AvgIpc) is 2.54. The molecule has 0 aromatic heterocycles. The Kier molecular flexibility index (Phi) is 6.16. The minimum Gasteiger partial charge on any atom is -0.434 e. The lowest BCUT2D eigenvalue weighted by molar-refractivity contribution is -0.137. The fourth-order valence-electron chi connectivity index (χ4n) is 2.35. The van der Waals surface area contributed by atoms with Gasteiger partial charge in [0.05, 0.1) is 12.7 Å². The lowest BCUT2D eigenvalue weighted by Gasteiger charge is -2.07. The summed E-state index contributed by atoms with van der Waals surface area (Å²) in [7, 11) is 0. The van der Waals surface area contributed by atoms with Crippen molar-refractivity contribution >= 4 is 5.97 Å². The van der Waals surface area contributed by atoms with Crippen LogP contribution in [0.3, 0.4) is 0 Å². The summed E-state index contributed by atoms with van der Waals surface area (Å²) < 4.78 is 5.24. The van der Waals surface area contributed by atoms with Crippen molar-refractivity contribution in [3.8, 4) is 0 Å².